The van der Waals surface area contributed by atoms with E-state index in [4.69, 9.17) is 4.42 Å². The summed E-state index contributed by atoms with van der Waals surface area (Å²) in [6.07, 6.45) is -3.84. The van der Waals surface area contributed by atoms with Crippen LogP contribution < -0.4 is 0 Å². The first-order valence-electron chi connectivity index (χ1n) is 8.42. The molecule has 0 spiro atoms. The average molecular weight is 448 g/mol. The van der Waals surface area contributed by atoms with Crippen LogP contribution in [-0.4, -0.2) is 13.3 Å². The van der Waals surface area contributed by atoms with Crippen LogP contribution in [0.4, 0.5) is 18.9 Å². The van der Waals surface area contributed by atoms with Gasteiger partial charge in [-0.2, -0.15) is 18.4 Å². The summed E-state index contributed by atoms with van der Waals surface area (Å²) in [5.41, 5.74) is -2.27. The fraction of sp³-hybridized carbons (Fsp3) is 0.0500. The monoisotopic (exact) mass is 448 g/mol. The van der Waals surface area contributed by atoms with Gasteiger partial charge < -0.3 is 4.42 Å². The number of benzene rings is 2. The number of nitrogens with zero attached hydrogens (tertiary/aromatic N) is 2. The molecule has 1 heterocycles. The molecular formula is C20H11F3N2O5S. The number of halogens is 3. The maximum atomic E-state index is 12.9. The van der Waals surface area contributed by atoms with Gasteiger partial charge in [0.25, 0.3) is 5.69 Å². The average Bonchev–Trinajstić information content (AvgIpc) is 3.20. The third kappa shape index (κ3) is 4.49. The molecule has 0 saturated carbocycles. The quantitative estimate of drug-likeness (QED) is 0.301. The van der Waals surface area contributed by atoms with Gasteiger partial charge in [-0.25, -0.2) is 8.42 Å². The van der Waals surface area contributed by atoms with Gasteiger partial charge in [-0.15, -0.1) is 0 Å². The molecule has 0 unspecified atom stereocenters. The number of rotatable bonds is 5. The molecule has 0 amide bonds. The summed E-state index contributed by atoms with van der Waals surface area (Å²) in [5, 5.41) is 20.6. The Hall–Kier alpha value is -3.91. The Balaban J connectivity index is 2.04. The zero-order valence-electron chi connectivity index (χ0n) is 15.3. The Morgan fingerprint density at radius 1 is 1.10 bits per heavy atom. The molecule has 0 N–H and O–H groups in total. The molecule has 0 saturated heterocycles. The number of hydrogen-bond donors (Lipinski definition) is 0. The predicted octanol–water partition coefficient (Wildman–Crippen LogP) is 5.21. The summed E-state index contributed by atoms with van der Waals surface area (Å²) >= 11 is 0. The van der Waals surface area contributed by atoms with Crippen molar-refractivity contribution in [3.05, 3.63) is 87.0 Å². The van der Waals surface area contributed by atoms with Crippen molar-refractivity contribution >= 4 is 21.6 Å². The van der Waals surface area contributed by atoms with Crippen LogP contribution >= 0.6 is 0 Å². The summed E-state index contributed by atoms with van der Waals surface area (Å²) < 4.78 is 69.1. The molecule has 0 atom stereocenters. The van der Waals surface area contributed by atoms with Crippen LogP contribution in [0.5, 0.6) is 0 Å². The molecule has 0 radical (unpaired) electrons. The molecule has 2 aromatic carbocycles. The minimum Gasteiger partial charge on any atom is -0.456 e. The lowest BCUT2D eigenvalue weighted by Gasteiger charge is -2.07. The van der Waals surface area contributed by atoms with Gasteiger partial charge in [0, 0.05) is 12.1 Å². The van der Waals surface area contributed by atoms with Gasteiger partial charge in [0.2, 0.25) is 9.84 Å². The summed E-state index contributed by atoms with van der Waals surface area (Å²) in [7, 11) is -4.14. The van der Waals surface area contributed by atoms with Crippen molar-refractivity contribution in [3.8, 4) is 17.4 Å². The Labute approximate surface area is 173 Å². The van der Waals surface area contributed by atoms with Gasteiger partial charge in [-0.3, -0.25) is 10.1 Å². The molecule has 31 heavy (non-hydrogen) atoms. The Morgan fingerprint density at radius 3 is 2.35 bits per heavy atom. The molecule has 0 aliphatic rings. The molecule has 3 rings (SSSR count). The topological polar surface area (TPSA) is 114 Å². The third-order valence-corrected chi connectivity index (χ3v) is 5.82. The summed E-state index contributed by atoms with van der Waals surface area (Å²) in [4.78, 5) is 9.52. The number of nitro benzene ring substituents is 1. The van der Waals surface area contributed by atoms with Gasteiger partial charge in [-0.05, 0) is 36.4 Å². The number of allylic oxidation sites excluding steroid dienone is 1. The smallest absolute Gasteiger partial charge is 0.416 e. The van der Waals surface area contributed by atoms with Crippen molar-refractivity contribution in [1.29, 1.82) is 5.26 Å². The maximum absolute atomic E-state index is 12.9. The SMILES string of the molecule is N#CC(=Cc1ccc(-c2ccc(C(F)(F)F)cc2[N+](=O)[O-])o1)S(=O)(=O)c1ccccc1. The van der Waals surface area contributed by atoms with Crippen molar-refractivity contribution in [2.45, 2.75) is 11.1 Å². The normalized spacial score (nSPS) is 12.4. The second-order valence-corrected chi connectivity index (χ2v) is 8.04. The van der Waals surface area contributed by atoms with Crippen molar-refractivity contribution < 1.29 is 30.9 Å². The number of hydrogen-bond acceptors (Lipinski definition) is 6. The van der Waals surface area contributed by atoms with E-state index in [1.54, 1.807) is 12.1 Å². The molecule has 0 bridgehead atoms. The number of nitro groups is 1. The van der Waals surface area contributed by atoms with E-state index >= 15 is 0 Å². The molecule has 7 nitrogen and oxygen atoms in total. The molecule has 0 aliphatic carbocycles. The van der Waals surface area contributed by atoms with Crippen LogP contribution in [-0.2, 0) is 16.0 Å². The lowest BCUT2D eigenvalue weighted by molar-refractivity contribution is -0.384. The number of alkyl halides is 3. The first-order chi connectivity index (χ1) is 14.5. The summed E-state index contributed by atoms with van der Waals surface area (Å²) in [6, 6.07) is 13.2. The largest absolute Gasteiger partial charge is 0.456 e. The first kappa shape index (κ1) is 21.8. The fourth-order valence-corrected chi connectivity index (χ4v) is 3.83. The summed E-state index contributed by atoms with van der Waals surface area (Å²) in [5.74, 6) is -0.290. The van der Waals surface area contributed by atoms with Gasteiger partial charge in [0.05, 0.1) is 20.9 Å². The highest BCUT2D eigenvalue weighted by molar-refractivity contribution is 7.95. The van der Waals surface area contributed by atoms with Crippen LogP contribution in [0.3, 0.4) is 0 Å². The maximum Gasteiger partial charge on any atom is 0.416 e. The third-order valence-electron chi connectivity index (χ3n) is 4.14. The lowest BCUT2D eigenvalue weighted by atomic mass is 10.1. The highest BCUT2D eigenvalue weighted by Gasteiger charge is 2.33. The second-order valence-electron chi connectivity index (χ2n) is 6.13. The van der Waals surface area contributed by atoms with Crippen LogP contribution in [0, 0.1) is 21.4 Å². The van der Waals surface area contributed by atoms with E-state index in [-0.39, 0.29) is 22.0 Å². The number of sulfone groups is 1. The van der Waals surface area contributed by atoms with Crippen molar-refractivity contribution in [2.75, 3.05) is 0 Å². The Morgan fingerprint density at radius 2 is 1.77 bits per heavy atom. The van der Waals surface area contributed by atoms with Gasteiger partial charge >= 0.3 is 6.18 Å². The molecule has 0 fully saturated rings. The van der Waals surface area contributed by atoms with E-state index in [2.05, 4.69) is 0 Å². The van der Waals surface area contributed by atoms with Crippen LogP contribution in [0.25, 0.3) is 17.4 Å². The predicted molar refractivity (Wildman–Crippen MR) is 103 cm³/mol. The van der Waals surface area contributed by atoms with Crippen molar-refractivity contribution in [2.24, 2.45) is 0 Å². The number of furan rings is 1. The Bertz CT molecular complexity index is 1320. The van der Waals surface area contributed by atoms with E-state index in [9.17, 15) is 37.0 Å². The fourth-order valence-electron chi connectivity index (χ4n) is 2.67. The number of nitriles is 1. The van der Waals surface area contributed by atoms with Crippen LogP contribution in [0.2, 0.25) is 0 Å². The van der Waals surface area contributed by atoms with Crippen molar-refractivity contribution in [3.63, 3.8) is 0 Å². The molecule has 11 heteroatoms. The van der Waals surface area contributed by atoms with E-state index in [0.29, 0.717) is 12.1 Å². The van der Waals surface area contributed by atoms with Crippen molar-refractivity contribution in [1.82, 2.24) is 0 Å². The van der Waals surface area contributed by atoms with Crippen LogP contribution in [0.15, 0.2) is 74.9 Å². The van der Waals surface area contributed by atoms with Crippen LogP contribution in [0.1, 0.15) is 11.3 Å². The Kier molecular flexibility index (Phi) is 5.68. The van der Waals surface area contributed by atoms with E-state index < -0.39 is 37.1 Å². The van der Waals surface area contributed by atoms with E-state index in [0.717, 1.165) is 12.1 Å². The van der Waals surface area contributed by atoms with E-state index in [1.165, 1.54) is 36.4 Å². The standard InChI is InChI=1S/C20H11F3N2O5S/c21-20(22,23)13-6-8-17(18(10-13)25(26)27)19-9-7-14(30-19)11-16(12-24)31(28,29)15-4-2-1-3-5-15/h1-11H. The summed E-state index contributed by atoms with van der Waals surface area (Å²) in [6.45, 7) is 0. The molecule has 0 aliphatic heterocycles. The molecule has 3 aromatic rings. The molecule has 1 aromatic heterocycles. The molecule has 158 valence electrons. The highest BCUT2D eigenvalue weighted by atomic mass is 32.2. The zero-order chi connectivity index (χ0) is 22.8. The first-order valence-corrected chi connectivity index (χ1v) is 9.90. The van der Waals surface area contributed by atoms with E-state index in [1.807, 2.05) is 0 Å². The van der Waals surface area contributed by atoms with Gasteiger partial charge in [0.1, 0.15) is 17.6 Å². The molecular weight excluding hydrogens is 437 g/mol. The highest BCUT2D eigenvalue weighted by Crippen LogP contribution is 2.37. The zero-order valence-corrected chi connectivity index (χ0v) is 16.1. The minimum atomic E-state index is -4.77. The van der Waals surface area contributed by atoms with Gasteiger partial charge in [0.15, 0.2) is 4.91 Å². The minimum absolute atomic E-state index is 0.118. The lowest BCUT2D eigenvalue weighted by Crippen LogP contribution is -2.06. The second kappa shape index (κ2) is 8.08. The van der Waals surface area contributed by atoms with Gasteiger partial charge in [-0.1, -0.05) is 18.2 Å².